The van der Waals surface area contributed by atoms with Gasteiger partial charge >= 0.3 is 0 Å². The molecule has 2 saturated carbocycles. The molecule has 122 valence electrons. The van der Waals surface area contributed by atoms with Crippen molar-refractivity contribution in [3.05, 3.63) is 0 Å². The van der Waals surface area contributed by atoms with E-state index in [0.29, 0.717) is 29.8 Å². The van der Waals surface area contributed by atoms with Crippen LogP contribution in [0.15, 0.2) is 10.3 Å². The molecule has 4 aliphatic rings. The normalized spacial score (nSPS) is 44.1. The molecule has 5 nitrogen and oxygen atoms in total. The van der Waals surface area contributed by atoms with E-state index in [1.54, 1.807) is 6.92 Å². The van der Waals surface area contributed by atoms with E-state index in [2.05, 4.69) is 20.7 Å². The summed E-state index contributed by atoms with van der Waals surface area (Å²) in [5.74, 6) is 2.04. The van der Waals surface area contributed by atoms with E-state index in [0.717, 1.165) is 13.0 Å². The van der Waals surface area contributed by atoms with Crippen molar-refractivity contribution in [2.24, 2.45) is 28.1 Å². The Morgan fingerprint density at radius 3 is 2.59 bits per heavy atom. The van der Waals surface area contributed by atoms with Gasteiger partial charge in [-0.05, 0) is 37.5 Å². The first-order chi connectivity index (χ1) is 10.8. The lowest BCUT2D eigenvalue weighted by atomic mass is 9.66. The van der Waals surface area contributed by atoms with E-state index in [9.17, 15) is 4.79 Å². The summed E-state index contributed by atoms with van der Waals surface area (Å²) in [6, 6.07) is 1.10. The molecule has 2 aliphatic heterocycles. The molecule has 0 aromatic rings. The number of hydrogen-bond donors (Lipinski definition) is 1. The van der Waals surface area contributed by atoms with Crippen LogP contribution in [0, 0.1) is 17.8 Å². The van der Waals surface area contributed by atoms with Crippen molar-refractivity contribution < 1.29 is 4.79 Å². The Kier molecular flexibility index (Phi) is 3.82. The van der Waals surface area contributed by atoms with Crippen molar-refractivity contribution in [1.29, 1.82) is 0 Å². The molecular formula is C17H28N4O. The van der Waals surface area contributed by atoms with Gasteiger partial charge in [0.1, 0.15) is 0 Å². The molecule has 1 saturated heterocycles. The highest BCUT2D eigenvalue weighted by atomic mass is 16.2. The molecule has 0 radical (unpaired) electrons. The number of likely N-dealkylation sites (tertiary alicyclic amines) is 1. The van der Waals surface area contributed by atoms with Crippen molar-refractivity contribution in [1.82, 2.24) is 10.3 Å². The Bertz CT molecular complexity index is 456. The van der Waals surface area contributed by atoms with Gasteiger partial charge in [-0.25, -0.2) is 0 Å². The van der Waals surface area contributed by atoms with Crippen LogP contribution >= 0.6 is 0 Å². The number of nitrogens with zero attached hydrogens (tertiary/aromatic N) is 3. The summed E-state index contributed by atoms with van der Waals surface area (Å²) in [4.78, 5) is 14.6. The van der Waals surface area contributed by atoms with Crippen LogP contribution in [0.2, 0.25) is 0 Å². The first kappa shape index (κ1) is 14.5. The second kappa shape index (κ2) is 5.82. The van der Waals surface area contributed by atoms with E-state index >= 15 is 0 Å². The summed E-state index contributed by atoms with van der Waals surface area (Å²) >= 11 is 0. The second-order valence-electron chi connectivity index (χ2n) is 7.76. The predicted molar refractivity (Wildman–Crippen MR) is 84.1 cm³/mol. The third kappa shape index (κ3) is 2.33. The lowest BCUT2D eigenvalue weighted by molar-refractivity contribution is -0.136. The minimum absolute atomic E-state index is 0.266. The Morgan fingerprint density at radius 2 is 1.77 bits per heavy atom. The Morgan fingerprint density at radius 1 is 1.05 bits per heavy atom. The maximum atomic E-state index is 12.3. The number of carbonyl (C=O) groups is 1. The highest BCUT2D eigenvalue weighted by molar-refractivity contribution is 5.73. The molecule has 22 heavy (non-hydrogen) atoms. The van der Waals surface area contributed by atoms with E-state index in [1.165, 1.54) is 44.9 Å². The van der Waals surface area contributed by atoms with Crippen molar-refractivity contribution in [2.45, 2.75) is 76.4 Å². The maximum Gasteiger partial charge on any atom is 0.219 e. The monoisotopic (exact) mass is 304 g/mol. The van der Waals surface area contributed by atoms with Crippen LogP contribution < -0.4 is 5.43 Å². The van der Waals surface area contributed by atoms with Gasteiger partial charge in [-0.2, -0.15) is 5.11 Å². The summed E-state index contributed by atoms with van der Waals surface area (Å²) in [6.07, 6.45) is 10.0. The largest absolute Gasteiger partial charge is 0.339 e. The summed E-state index contributed by atoms with van der Waals surface area (Å²) in [5.41, 5.74) is 3.36. The molecule has 6 atom stereocenters. The highest BCUT2D eigenvalue weighted by Gasteiger charge is 2.49. The van der Waals surface area contributed by atoms with Gasteiger partial charge in [-0.1, -0.05) is 30.9 Å². The van der Waals surface area contributed by atoms with E-state index in [4.69, 9.17) is 0 Å². The van der Waals surface area contributed by atoms with Crippen LogP contribution in [0.3, 0.4) is 0 Å². The van der Waals surface area contributed by atoms with Gasteiger partial charge in [-0.3, -0.25) is 10.2 Å². The topological polar surface area (TPSA) is 57.1 Å². The zero-order chi connectivity index (χ0) is 15.1. The summed E-state index contributed by atoms with van der Waals surface area (Å²) in [5, 5.41) is 8.84. The first-order valence-corrected chi connectivity index (χ1v) is 9.18. The average Bonchev–Trinajstić information content (AvgIpc) is 3.00. The van der Waals surface area contributed by atoms with Crippen molar-refractivity contribution in [2.75, 3.05) is 6.54 Å². The molecule has 2 heterocycles. The van der Waals surface area contributed by atoms with Crippen LogP contribution in [0.4, 0.5) is 0 Å². The van der Waals surface area contributed by atoms with Gasteiger partial charge in [-0.15, -0.1) is 0 Å². The third-order valence-corrected chi connectivity index (χ3v) is 6.65. The average molecular weight is 304 g/mol. The molecule has 1 N–H and O–H groups in total. The molecular weight excluding hydrogens is 276 g/mol. The standard InChI is InChI=1S/C17H28N4O/c1-11(22)21-10-12-6-2-3-7-13(12)16-17(19-20-18-16)14-8-4-5-9-15(14)21/h12-17H,2-10H2,1H3,(H,18,19). The van der Waals surface area contributed by atoms with Crippen LogP contribution in [0.1, 0.15) is 58.3 Å². The van der Waals surface area contributed by atoms with Gasteiger partial charge in [0.25, 0.3) is 0 Å². The molecule has 0 aromatic heterocycles. The summed E-state index contributed by atoms with van der Waals surface area (Å²) in [6.45, 7) is 2.73. The molecule has 0 aromatic carbocycles. The van der Waals surface area contributed by atoms with Gasteiger partial charge in [0.05, 0.1) is 12.1 Å². The Hall–Kier alpha value is -1.13. The van der Waals surface area contributed by atoms with Crippen LogP contribution in [-0.2, 0) is 4.79 Å². The van der Waals surface area contributed by atoms with E-state index in [1.807, 2.05) is 0 Å². The fraction of sp³-hybridized carbons (Fsp3) is 0.941. The van der Waals surface area contributed by atoms with Gasteiger partial charge in [0, 0.05) is 25.4 Å². The summed E-state index contributed by atoms with van der Waals surface area (Å²) < 4.78 is 0. The van der Waals surface area contributed by atoms with Crippen LogP contribution in [0.5, 0.6) is 0 Å². The van der Waals surface area contributed by atoms with Crippen molar-refractivity contribution in [3.63, 3.8) is 0 Å². The van der Waals surface area contributed by atoms with Crippen LogP contribution in [0.25, 0.3) is 0 Å². The molecule has 2 aliphatic carbocycles. The number of hydrogen-bond acceptors (Lipinski definition) is 4. The molecule has 0 spiro atoms. The molecule has 3 fully saturated rings. The minimum Gasteiger partial charge on any atom is -0.339 e. The molecule has 4 rings (SSSR count). The molecule has 5 heteroatoms. The quantitative estimate of drug-likeness (QED) is 0.748. The predicted octanol–water partition coefficient (Wildman–Crippen LogP) is 2.92. The molecule has 1 amide bonds. The number of rotatable bonds is 0. The second-order valence-corrected chi connectivity index (χ2v) is 7.76. The fourth-order valence-electron chi connectivity index (χ4n) is 5.63. The SMILES string of the molecule is CC(=O)N1CC2CCCCC2C2NN=NC2C2CCCCC21. The minimum atomic E-state index is 0.266. The lowest BCUT2D eigenvalue weighted by Gasteiger charge is -2.49. The van der Waals surface area contributed by atoms with Crippen molar-refractivity contribution in [3.8, 4) is 0 Å². The first-order valence-electron chi connectivity index (χ1n) is 9.18. The van der Waals surface area contributed by atoms with E-state index in [-0.39, 0.29) is 11.9 Å². The van der Waals surface area contributed by atoms with Crippen LogP contribution in [-0.4, -0.2) is 35.5 Å². The number of carbonyl (C=O) groups excluding carboxylic acids is 1. The Labute approximate surface area is 132 Å². The van der Waals surface area contributed by atoms with Crippen molar-refractivity contribution >= 4 is 5.91 Å². The van der Waals surface area contributed by atoms with Gasteiger partial charge in [0.2, 0.25) is 5.91 Å². The molecule has 0 bridgehead atoms. The van der Waals surface area contributed by atoms with Gasteiger partial charge in [0.15, 0.2) is 0 Å². The smallest absolute Gasteiger partial charge is 0.219 e. The van der Waals surface area contributed by atoms with E-state index < -0.39 is 0 Å². The number of nitrogens with one attached hydrogen (secondary N) is 1. The Balaban J connectivity index is 1.69. The third-order valence-electron chi connectivity index (χ3n) is 6.65. The highest BCUT2D eigenvalue weighted by Crippen LogP contribution is 2.44. The lowest BCUT2D eigenvalue weighted by Crippen LogP contribution is -2.58. The zero-order valence-corrected chi connectivity index (χ0v) is 13.6. The maximum absolute atomic E-state index is 12.3. The molecule has 6 unspecified atom stereocenters. The number of amides is 1. The fourth-order valence-corrected chi connectivity index (χ4v) is 5.63. The van der Waals surface area contributed by atoms with Gasteiger partial charge < -0.3 is 4.90 Å². The zero-order valence-electron chi connectivity index (χ0n) is 13.6. The number of fused-ring (bicyclic) bond motifs is 5. The summed E-state index contributed by atoms with van der Waals surface area (Å²) in [7, 11) is 0.